The number of thioether (sulfide) groups is 1. The van der Waals surface area contributed by atoms with Crippen molar-refractivity contribution in [3.05, 3.63) is 23.8 Å². The minimum absolute atomic E-state index is 0.769. The molecule has 80 valence electrons. The molecule has 0 aliphatic heterocycles. The Labute approximate surface area is 95.6 Å². The summed E-state index contributed by atoms with van der Waals surface area (Å²) in [6, 6.07) is 5.99. The number of nitrogens with one attached hydrogen (secondary N) is 1. The zero-order valence-electron chi connectivity index (χ0n) is 8.92. The molecule has 0 radical (unpaired) electrons. The fourth-order valence-corrected chi connectivity index (χ4v) is 1.72. The first-order valence-corrected chi connectivity index (χ1v) is 6.00. The molecule has 0 amide bonds. The quantitative estimate of drug-likeness (QED) is 0.454. The number of benzene rings is 1. The standard InChI is InChI=1S/C12H16N2S/c1-3-7-15-8-6-14-12-9-10(2)4-5-11(12)13/h1,4-5,9,14H,6-8,13H2,2H3. The molecular formula is C12H16N2S. The Morgan fingerprint density at radius 3 is 3.07 bits per heavy atom. The average molecular weight is 220 g/mol. The second kappa shape index (κ2) is 6.26. The highest BCUT2D eigenvalue weighted by atomic mass is 32.2. The lowest BCUT2D eigenvalue weighted by Gasteiger charge is -2.09. The number of hydrogen-bond donors (Lipinski definition) is 2. The van der Waals surface area contributed by atoms with E-state index >= 15 is 0 Å². The van der Waals surface area contributed by atoms with Gasteiger partial charge in [-0.2, -0.15) is 0 Å². The first-order valence-electron chi connectivity index (χ1n) is 4.85. The van der Waals surface area contributed by atoms with Gasteiger partial charge >= 0.3 is 0 Å². The predicted molar refractivity (Wildman–Crippen MR) is 70.2 cm³/mol. The van der Waals surface area contributed by atoms with Gasteiger partial charge in [-0.15, -0.1) is 18.2 Å². The average Bonchev–Trinajstić information content (AvgIpc) is 2.23. The van der Waals surface area contributed by atoms with E-state index in [1.807, 2.05) is 12.1 Å². The largest absolute Gasteiger partial charge is 0.397 e. The van der Waals surface area contributed by atoms with Crippen molar-refractivity contribution in [1.29, 1.82) is 0 Å². The van der Waals surface area contributed by atoms with Crippen LogP contribution in [0.4, 0.5) is 11.4 Å². The number of rotatable bonds is 5. The van der Waals surface area contributed by atoms with Gasteiger partial charge in [0.05, 0.1) is 17.1 Å². The Balaban J connectivity index is 2.37. The number of nitrogen functional groups attached to an aromatic ring is 1. The van der Waals surface area contributed by atoms with Gasteiger partial charge in [-0.25, -0.2) is 0 Å². The normalized spacial score (nSPS) is 9.60. The van der Waals surface area contributed by atoms with E-state index in [2.05, 4.69) is 24.2 Å². The lowest BCUT2D eigenvalue weighted by atomic mass is 10.2. The molecule has 1 aromatic carbocycles. The zero-order valence-corrected chi connectivity index (χ0v) is 9.73. The molecule has 15 heavy (non-hydrogen) atoms. The molecule has 0 heterocycles. The molecule has 3 N–H and O–H groups in total. The summed E-state index contributed by atoms with van der Waals surface area (Å²) in [5.74, 6) is 4.36. The SMILES string of the molecule is C#CCSCCNc1cc(C)ccc1N. The highest BCUT2D eigenvalue weighted by Crippen LogP contribution is 2.19. The van der Waals surface area contributed by atoms with Gasteiger partial charge < -0.3 is 11.1 Å². The van der Waals surface area contributed by atoms with Crippen molar-refractivity contribution in [1.82, 2.24) is 0 Å². The van der Waals surface area contributed by atoms with Crippen LogP contribution >= 0.6 is 11.8 Å². The Bertz CT molecular complexity index is 355. The molecular weight excluding hydrogens is 204 g/mol. The molecule has 0 aliphatic rings. The Kier molecular flexibility index (Phi) is 4.92. The topological polar surface area (TPSA) is 38.0 Å². The maximum absolute atomic E-state index is 5.83. The Morgan fingerprint density at radius 2 is 2.33 bits per heavy atom. The Hall–Kier alpha value is -1.27. The van der Waals surface area contributed by atoms with E-state index in [0.29, 0.717) is 0 Å². The van der Waals surface area contributed by atoms with Crippen LogP contribution in [0.3, 0.4) is 0 Å². The fraction of sp³-hybridized carbons (Fsp3) is 0.333. The van der Waals surface area contributed by atoms with E-state index in [9.17, 15) is 0 Å². The molecule has 3 heteroatoms. The van der Waals surface area contributed by atoms with Crippen molar-refractivity contribution in [3.8, 4) is 12.3 Å². The molecule has 1 rings (SSSR count). The van der Waals surface area contributed by atoms with Crippen molar-refractivity contribution < 1.29 is 0 Å². The van der Waals surface area contributed by atoms with Crippen LogP contribution < -0.4 is 11.1 Å². The molecule has 1 aromatic rings. The van der Waals surface area contributed by atoms with Gasteiger partial charge in [-0.05, 0) is 24.6 Å². The van der Waals surface area contributed by atoms with Gasteiger partial charge in [-0.1, -0.05) is 12.0 Å². The minimum Gasteiger partial charge on any atom is -0.397 e. The third-order valence-corrected chi connectivity index (χ3v) is 2.82. The summed E-state index contributed by atoms with van der Waals surface area (Å²) in [4.78, 5) is 0. The van der Waals surface area contributed by atoms with Crippen LogP contribution in [0.5, 0.6) is 0 Å². The van der Waals surface area contributed by atoms with Crippen molar-refractivity contribution in [2.24, 2.45) is 0 Å². The predicted octanol–water partition coefficient (Wildman–Crippen LogP) is 2.36. The molecule has 0 saturated heterocycles. The third kappa shape index (κ3) is 4.18. The van der Waals surface area contributed by atoms with Crippen molar-refractivity contribution in [2.75, 3.05) is 29.1 Å². The zero-order chi connectivity index (χ0) is 11.1. The van der Waals surface area contributed by atoms with Crippen molar-refractivity contribution in [3.63, 3.8) is 0 Å². The van der Waals surface area contributed by atoms with Crippen LogP contribution in [0, 0.1) is 19.3 Å². The van der Waals surface area contributed by atoms with Crippen LogP contribution in [-0.2, 0) is 0 Å². The molecule has 0 fully saturated rings. The smallest absolute Gasteiger partial charge is 0.0576 e. The summed E-state index contributed by atoms with van der Waals surface area (Å²) in [6.07, 6.45) is 5.15. The van der Waals surface area contributed by atoms with Crippen LogP contribution in [-0.4, -0.2) is 18.1 Å². The lowest BCUT2D eigenvalue weighted by Crippen LogP contribution is -2.06. The molecule has 0 bridgehead atoms. The molecule has 0 atom stereocenters. The van der Waals surface area contributed by atoms with Gasteiger partial charge in [0.2, 0.25) is 0 Å². The summed E-state index contributed by atoms with van der Waals surface area (Å²) in [6.45, 7) is 2.94. The van der Waals surface area contributed by atoms with Gasteiger partial charge in [0.1, 0.15) is 0 Å². The van der Waals surface area contributed by atoms with Crippen LogP contribution in [0.25, 0.3) is 0 Å². The third-order valence-electron chi connectivity index (χ3n) is 1.96. The van der Waals surface area contributed by atoms with Gasteiger partial charge in [0.15, 0.2) is 0 Å². The monoisotopic (exact) mass is 220 g/mol. The van der Waals surface area contributed by atoms with Crippen LogP contribution in [0.15, 0.2) is 18.2 Å². The summed E-state index contributed by atoms with van der Waals surface area (Å²) in [7, 11) is 0. The van der Waals surface area contributed by atoms with Crippen molar-refractivity contribution >= 4 is 23.1 Å². The second-order valence-corrected chi connectivity index (χ2v) is 4.38. The Morgan fingerprint density at radius 1 is 1.53 bits per heavy atom. The lowest BCUT2D eigenvalue weighted by molar-refractivity contribution is 1.23. The minimum atomic E-state index is 0.769. The highest BCUT2D eigenvalue weighted by molar-refractivity contribution is 7.99. The van der Waals surface area contributed by atoms with Crippen LogP contribution in [0.1, 0.15) is 5.56 Å². The summed E-state index contributed by atoms with van der Waals surface area (Å²) in [5.41, 5.74) is 8.84. The summed E-state index contributed by atoms with van der Waals surface area (Å²) < 4.78 is 0. The van der Waals surface area contributed by atoms with E-state index in [4.69, 9.17) is 12.2 Å². The van der Waals surface area contributed by atoms with E-state index in [-0.39, 0.29) is 0 Å². The van der Waals surface area contributed by atoms with E-state index in [1.54, 1.807) is 11.8 Å². The maximum atomic E-state index is 5.83. The van der Waals surface area contributed by atoms with Gasteiger partial charge in [0, 0.05) is 12.3 Å². The maximum Gasteiger partial charge on any atom is 0.0576 e. The van der Waals surface area contributed by atoms with E-state index in [1.165, 1.54) is 5.56 Å². The first kappa shape index (κ1) is 11.8. The summed E-state index contributed by atoms with van der Waals surface area (Å²) in [5, 5.41) is 3.30. The van der Waals surface area contributed by atoms with Gasteiger partial charge in [0.25, 0.3) is 0 Å². The highest BCUT2D eigenvalue weighted by Gasteiger charge is 1.97. The first-order chi connectivity index (χ1) is 7.24. The van der Waals surface area contributed by atoms with E-state index < -0.39 is 0 Å². The molecule has 0 aromatic heterocycles. The van der Waals surface area contributed by atoms with Gasteiger partial charge in [-0.3, -0.25) is 0 Å². The van der Waals surface area contributed by atoms with E-state index in [0.717, 1.165) is 29.4 Å². The number of anilines is 2. The number of terminal acetylenes is 1. The molecule has 0 unspecified atom stereocenters. The molecule has 2 nitrogen and oxygen atoms in total. The number of nitrogens with two attached hydrogens (primary N) is 1. The fourth-order valence-electron chi connectivity index (χ4n) is 1.21. The molecule has 0 spiro atoms. The summed E-state index contributed by atoms with van der Waals surface area (Å²) >= 11 is 1.74. The molecule has 0 saturated carbocycles. The second-order valence-electron chi connectivity index (χ2n) is 3.27. The van der Waals surface area contributed by atoms with Crippen LogP contribution in [0.2, 0.25) is 0 Å². The molecule has 0 aliphatic carbocycles. The number of aryl methyl sites for hydroxylation is 1. The number of hydrogen-bond acceptors (Lipinski definition) is 3. The van der Waals surface area contributed by atoms with Crippen molar-refractivity contribution in [2.45, 2.75) is 6.92 Å².